The molecular weight excluding hydrogens is 338 g/mol. The molecule has 1 unspecified atom stereocenters. The number of amides is 1. The van der Waals surface area contributed by atoms with Gasteiger partial charge in [0.05, 0.1) is 12.8 Å². The number of rotatable bonds is 6. The number of carbonyl (C=O) groups excluding carboxylic acids is 1. The first-order valence-corrected chi connectivity index (χ1v) is 9.88. The highest BCUT2D eigenvalue weighted by Gasteiger charge is 2.27. The van der Waals surface area contributed by atoms with Gasteiger partial charge in [-0.05, 0) is 32.1 Å². The van der Waals surface area contributed by atoms with Crippen LogP contribution in [-0.4, -0.2) is 41.5 Å². The molecule has 0 fully saturated rings. The molecule has 0 saturated heterocycles. The quantitative estimate of drug-likeness (QED) is 0.727. The Hall–Kier alpha value is -2.43. The van der Waals surface area contributed by atoms with E-state index in [0.717, 1.165) is 61.9 Å². The lowest BCUT2D eigenvalue weighted by atomic mass is 9.98. The monoisotopic (exact) mass is 367 g/mol. The number of hydrogen-bond acceptors (Lipinski definition) is 4. The summed E-state index contributed by atoms with van der Waals surface area (Å²) >= 11 is 0. The molecule has 0 bridgehead atoms. The third-order valence-electron chi connectivity index (χ3n) is 5.33. The molecule has 144 valence electrons. The van der Waals surface area contributed by atoms with Crippen LogP contribution in [-0.2, 0) is 17.6 Å². The van der Waals surface area contributed by atoms with E-state index >= 15 is 0 Å². The Balaban J connectivity index is 1.81. The van der Waals surface area contributed by atoms with Crippen molar-refractivity contribution in [2.45, 2.75) is 45.4 Å². The molecule has 1 heterocycles. The standard InChI is InChI=1S/C22H29N3O2/c1-4-5-15-25(2)22(26)17-11-13-18-19(14-12-17)23-20(24-21(18)27-3)16-9-7-6-8-10-16/h6-10,17H,4-5,11-15H2,1-3H3. The van der Waals surface area contributed by atoms with Gasteiger partial charge in [-0.25, -0.2) is 4.98 Å². The second kappa shape index (κ2) is 8.98. The number of aryl methyl sites for hydroxylation is 1. The molecule has 1 aromatic carbocycles. The minimum absolute atomic E-state index is 0.0472. The molecule has 3 rings (SSSR count). The van der Waals surface area contributed by atoms with Crippen LogP contribution in [0.1, 0.15) is 43.9 Å². The lowest BCUT2D eigenvalue weighted by Crippen LogP contribution is -2.33. The molecule has 1 aliphatic rings. The largest absolute Gasteiger partial charge is 0.481 e. The van der Waals surface area contributed by atoms with Crippen molar-refractivity contribution >= 4 is 5.91 Å². The van der Waals surface area contributed by atoms with Crippen LogP contribution in [0.5, 0.6) is 5.88 Å². The molecule has 5 heteroatoms. The normalized spacial score (nSPS) is 16.3. The lowest BCUT2D eigenvalue weighted by molar-refractivity contribution is -0.134. The van der Waals surface area contributed by atoms with Crippen molar-refractivity contribution in [3.05, 3.63) is 41.6 Å². The Labute approximate surface area is 161 Å². The maximum absolute atomic E-state index is 12.8. The number of hydrogen-bond donors (Lipinski definition) is 0. The maximum atomic E-state index is 12.8. The van der Waals surface area contributed by atoms with Gasteiger partial charge in [0.15, 0.2) is 5.82 Å². The number of unbranched alkanes of at least 4 members (excludes halogenated alkanes) is 1. The molecule has 5 nitrogen and oxygen atoms in total. The van der Waals surface area contributed by atoms with E-state index in [9.17, 15) is 4.79 Å². The number of nitrogens with zero attached hydrogens (tertiary/aromatic N) is 3. The summed E-state index contributed by atoms with van der Waals surface area (Å²) in [5.41, 5.74) is 3.06. The van der Waals surface area contributed by atoms with E-state index in [1.807, 2.05) is 42.3 Å². The zero-order valence-electron chi connectivity index (χ0n) is 16.6. The summed E-state index contributed by atoms with van der Waals surface area (Å²) in [4.78, 5) is 24.2. The zero-order chi connectivity index (χ0) is 19.2. The Morgan fingerprint density at radius 3 is 2.63 bits per heavy atom. The average Bonchev–Trinajstić information content (AvgIpc) is 2.94. The Bertz CT molecular complexity index is 777. The molecule has 1 aromatic heterocycles. The van der Waals surface area contributed by atoms with Crippen molar-refractivity contribution < 1.29 is 9.53 Å². The molecule has 0 N–H and O–H groups in total. The van der Waals surface area contributed by atoms with Gasteiger partial charge in [0, 0.05) is 30.6 Å². The summed E-state index contributed by atoms with van der Waals surface area (Å²) in [5, 5.41) is 0. The molecule has 1 amide bonds. The van der Waals surface area contributed by atoms with Gasteiger partial charge < -0.3 is 9.64 Å². The topological polar surface area (TPSA) is 55.3 Å². The second-order valence-electron chi connectivity index (χ2n) is 7.24. The Kier molecular flexibility index (Phi) is 6.43. The molecular formula is C22H29N3O2. The molecule has 0 spiro atoms. The number of methoxy groups -OCH3 is 1. The van der Waals surface area contributed by atoms with Crippen molar-refractivity contribution in [2.75, 3.05) is 20.7 Å². The molecule has 1 aliphatic carbocycles. The van der Waals surface area contributed by atoms with Gasteiger partial charge in [-0.15, -0.1) is 0 Å². The van der Waals surface area contributed by atoms with Crippen LogP contribution in [0, 0.1) is 5.92 Å². The highest BCUT2D eigenvalue weighted by Crippen LogP contribution is 2.31. The molecule has 0 saturated carbocycles. The Morgan fingerprint density at radius 2 is 1.93 bits per heavy atom. The van der Waals surface area contributed by atoms with Gasteiger partial charge in [-0.1, -0.05) is 43.7 Å². The van der Waals surface area contributed by atoms with Crippen molar-refractivity contribution in [3.63, 3.8) is 0 Å². The summed E-state index contributed by atoms with van der Waals surface area (Å²) < 4.78 is 5.58. The second-order valence-corrected chi connectivity index (χ2v) is 7.24. The summed E-state index contributed by atoms with van der Waals surface area (Å²) in [7, 11) is 3.58. The van der Waals surface area contributed by atoms with Crippen LogP contribution in [0.25, 0.3) is 11.4 Å². The third kappa shape index (κ3) is 4.46. The maximum Gasteiger partial charge on any atom is 0.225 e. The van der Waals surface area contributed by atoms with E-state index in [4.69, 9.17) is 9.72 Å². The van der Waals surface area contributed by atoms with Crippen LogP contribution in [0.2, 0.25) is 0 Å². The van der Waals surface area contributed by atoms with E-state index in [1.54, 1.807) is 7.11 Å². The van der Waals surface area contributed by atoms with Gasteiger partial charge in [-0.2, -0.15) is 4.98 Å². The first-order chi connectivity index (χ1) is 13.1. The summed E-state index contributed by atoms with van der Waals surface area (Å²) in [6, 6.07) is 9.96. The lowest BCUT2D eigenvalue weighted by Gasteiger charge is -2.22. The minimum atomic E-state index is 0.0472. The van der Waals surface area contributed by atoms with Crippen molar-refractivity contribution in [1.82, 2.24) is 14.9 Å². The van der Waals surface area contributed by atoms with E-state index in [2.05, 4.69) is 11.9 Å². The molecule has 0 aliphatic heterocycles. The number of ether oxygens (including phenoxy) is 1. The fraction of sp³-hybridized carbons (Fsp3) is 0.500. The van der Waals surface area contributed by atoms with Crippen molar-refractivity contribution in [3.8, 4) is 17.3 Å². The van der Waals surface area contributed by atoms with E-state index in [0.29, 0.717) is 11.7 Å². The van der Waals surface area contributed by atoms with Gasteiger partial charge in [0.2, 0.25) is 11.8 Å². The fourth-order valence-electron chi connectivity index (χ4n) is 3.69. The molecule has 0 radical (unpaired) electrons. The number of benzene rings is 1. The Morgan fingerprint density at radius 1 is 1.19 bits per heavy atom. The van der Waals surface area contributed by atoms with Crippen LogP contribution < -0.4 is 4.74 Å². The van der Waals surface area contributed by atoms with Crippen LogP contribution in [0.4, 0.5) is 0 Å². The molecule has 27 heavy (non-hydrogen) atoms. The molecule has 1 atom stereocenters. The first-order valence-electron chi connectivity index (χ1n) is 9.88. The highest BCUT2D eigenvalue weighted by molar-refractivity contribution is 5.78. The first kappa shape index (κ1) is 19.3. The smallest absolute Gasteiger partial charge is 0.225 e. The highest BCUT2D eigenvalue weighted by atomic mass is 16.5. The van der Waals surface area contributed by atoms with Crippen molar-refractivity contribution in [1.29, 1.82) is 0 Å². The number of fused-ring (bicyclic) bond motifs is 1. The fourth-order valence-corrected chi connectivity index (χ4v) is 3.69. The SMILES string of the molecule is CCCCN(C)C(=O)C1CCc2nc(-c3ccccc3)nc(OC)c2CC1. The van der Waals surface area contributed by atoms with E-state index in [-0.39, 0.29) is 11.8 Å². The summed E-state index contributed by atoms with van der Waals surface area (Å²) in [5.74, 6) is 1.64. The van der Waals surface area contributed by atoms with Crippen LogP contribution in [0.3, 0.4) is 0 Å². The molecule has 2 aromatic rings. The summed E-state index contributed by atoms with van der Waals surface area (Å²) in [6.07, 6.45) is 5.37. The van der Waals surface area contributed by atoms with E-state index < -0.39 is 0 Å². The van der Waals surface area contributed by atoms with E-state index in [1.165, 1.54) is 0 Å². The zero-order valence-corrected chi connectivity index (χ0v) is 16.6. The summed E-state index contributed by atoms with van der Waals surface area (Å²) in [6.45, 7) is 2.98. The number of carbonyl (C=O) groups is 1. The predicted octanol–water partition coefficient (Wildman–Crippen LogP) is 3.91. The third-order valence-corrected chi connectivity index (χ3v) is 5.33. The average molecular weight is 367 g/mol. The van der Waals surface area contributed by atoms with Gasteiger partial charge in [0.1, 0.15) is 0 Å². The van der Waals surface area contributed by atoms with Gasteiger partial charge in [-0.3, -0.25) is 4.79 Å². The van der Waals surface area contributed by atoms with Crippen LogP contribution >= 0.6 is 0 Å². The predicted molar refractivity (Wildman–Crippen MR) is 107 cm³/mol. The minimum Gasteiger partial charge on any atom is -0.481 e. The van der Waals surface area contributed by atoms with Gasteiger partial charge >= 0.3 is 0 Å². The van der Waals surface area contributed by atoms with Gasteiger partial charge in [0.25, 0.3) is 0 Å². The number of aromatic nitrogens is 2. The van der Waals surface area contributed by atoms with Crippen molar-refractivity contribution in [2.24, 2.45) is 5.92 Å². The van der Waals surface area contributed by atoms with Crippen LogP contribution in [0.15, 0.2) is 30.3 Å².